The van der Waals surface area contributed by atoms with Crippen LogP contribution in [0.4, 0.5) is 0 Å². The van der Waals surface area contributed by atoms with Gasteiger partial charge in [-0.2, -0.15) is 0 Å². The highest BCUT2D eigenvalue weighted by atomic mass is 31.2. The van der Waals surface area contributed by atoms with Crippen LogP contribution >= 0.6 is 15.6 Å². The normalized spacial score (nSPS) is 14.8. The predicted molar refractivity (Wildman–Crippen MR) is 445 cm³/mol. The second-order valence-electron chi connectivity index (χ2n) is 26.5. The van der Waals surface area contributed by atoms with Crippen molar-refractivity contribution >= 4 is 39.5 Å². The summed E-state index contributed by atoms with van der Waals surface area (Å²) in [6, 6.07) is 0. The molecule has 0 amide bonds. The van der Waals surface area contributed by atoms with E-state index in [0.29, 0.717) is 25.7 Å². The number of esters is 4. The molecule has 5 atom stereocenters. The monoisotopic (exact) mass is 1550 g/mol. The first-order chi connectivity index (χ1) is 52.7. The Morgan fingerprint density at radius 3 is 0.704 bits per heavy atom. The lowest BCUT2D eigenvalue weighted by Crippen LogP contribution is -2.30. The van der Waals surface area contributed by atoms with Gasteiger partial charge < -0.3 is 33.8 Å². The molecule has 0 aromatic carbocycles. The van der Waals surface area contributed by atoms with Gasteiger partial charge in [0.15, 0.2) is 12.2 Å². The number of allylic oxidation sites excluding steroid dienone is 30. The summed E-state index contributed by atoms with van der Waals surface area (Å²) >= 11 is 0. The topological polar surface area (TPSA) is 237 Å². The van der Waals surface area contributed by atoms with Crippen LogP contribution < -0.4 is 0 Å². The maximum atomic E-state index is 13.1. The van der Waals surface area contributed by atoms with E-state index >= 15 is 0 Å². The molecule has 0 saturated heterocycles. The quantitative estimate of drug-likeness (QED) is 0.0169. The van der Waals surface area contributed by atoms with Gasteiger partial charge >= 0.3 is 39.5 Å². The number of aliphatic hydroxyl groups is 1. The Hall–Kier alpha value is -5.84. The van der Waals surface area contributed by atoms with Crippen LogP contribution in [0, 0.1) is 0 Å². The Morgan fingerprint density at radius 1 is 0.259 bits per heavy atom. The lowest BCUT2D eigenvalue weighted by molar-refractivity contribution is -0.161. The first-order valence-electron chi connectivity index (χ1n) is 41.0. The Morgan fingerprint density at radius 2 is 0.454 bits per heavy atom. The van der Waals surface area contributed by atoms with Crippen molar-refractivity contribution in [2.45, 2.75) is 316 Å². The van der Waals surface area contributed by atoms with E-state index in [1.807, 2.05) is 0 Å². The number of unbranched alkanes of at least 4 members (excludes halogenated alkanes) is 19. The van der Waals surface area contributed by atoms with E-state index < -0.39 is 97.5 Å². The number of ether oxygens (including phenoxy) is 4. The number of phosphoric ester groups is 2. The van der Waals surface area contributed by atoms with Crippen LogP contribution in [0.25, 0.3) is 0 Å². The first kappa shape index (κ1) is 102. The molecular formula is C89H144O17P2. The minimum atomic E-state index is -5.00. The molecule has 0 aromatic heterocycles. The average molecular weight is 1550 g/mol. The minimum Gasteiger partial charge on any atom is -0.462 e. The van der Waals surface area contributed by atoms with E-state index in [2.05, 4.69) is 210 Å². The number of hydrogen-bond donors (Lipinski definition) is 3. The fourth-order valence-electron chi connectivity index (χ4n) is 10.3. The summed E-state index contributed by atoms with van der Waals surface area (Å²) in [4.78, 5) is 73.2. The second-order valence-corrected chi connectivity index (χ2v) is 29.4. The predicted octanol–water partition coefficient (Wildman–Crippen LogP) is 24.3. The Bertz CT molecular complexity index is 2760. The number of aliphatic hydroxyl groups excluding tert-OH is 1. The van der Waals surface area contributed by atoms with E-state index in [0.717, 1.165) is 218 Å². The summed E-state index contributed by atoms with van der Waals surface area (Å²) in [6.07, 6.45) is 95.7. The fourth-order valence-corrected chi connectivity index (χ4v) is 11.8. The fraction of sp³-hybridized carbons (Fsp3) is 0.618. The van der Waals surface area contributed by atoms with Gasteiger partial charge in [-0.05, 0) is 173 Å². The number of phosphoric acid groups is 2. The van der Waals surface area contributed by atoms with Gasteiger partial charge in [-0.3, -0.25) is 37.3 Å². The maximum Gasteiger partial charge on any atom is 0.472 e. The second kappa shape index (κ2) is 79.3. The lowest BCUT2D eigenvalue weighted by Gasteiger charge is -2.21. The molecule has 0 saturated carbocycles. The van der Waals surface area contributed by atoms with Crippen LogP contribution in [0.3, 0.4) is 0 Å². The van der Waals surface area contributed by atoms with Crippen LogP contribution in [-0.4, -0.2) is 96.7 Å². The molecule has 612 valence electrons. The number of carbonyl (C=O) groups is 4. The highest BCUT2D eigenvalue weighted by Crippen LogP contribution is 2.45. The molecule has 0 rings (SSSR count). The van der Waals surface area contributed by atoms with Crippen LogP contribution in [0.1, 0.15) is 297 Å². The van der Waals surface area contributed by atoms with Crippen molar-refractivity contribution in [1.82, 2.24) is 0 Å². The summed E-state index contributed by atoms with van der Waals surface area (Å²) in [6.45, 7) is 4.33. The van der Waals surface area contributed by atoms with Crippen LogP contribution in [0.5, 0.6) is 0 Å². The summed E-state index contributed by atoms with van der Waals surface area (Å²) in [7, 11) is -10.0. The van der Waals surface area contributed by atoms with Gasteiger partial charge in [0.05, 0.1) is 26.4 Å². The third-order valence-corrected chi connectivity index (χ3v) is 18.3. The molecule has 0 bridgehead atoms. The summed E-state index contributed by atoms with van der Waals surface area (Å²) < 4.78 is 68.7. The molecule has 19 heteroatoms. The molecule has 0 fully saturated rings. The standard InChI is InChI=1S/C89H144O17P2/c1-5-9-13-17-21-25-29-33-37-39-41-43-47-50-54-58-62-66-70-74-87(92)100-80-85(106-89(94)76-72-68-64-60-56-52-48-44-42-40-38-34-30-26-22-18-14-10-6-2)82-104-108(97,98)102-78-83(90)77-101-107(95,96)103-81-84(105-88(93)75-71-67-63-59-55-51-46-36-32-28-24-20-16-12-8-4)79-99-86(91)73-69-65-61-57-53-49-45-35-31-27-23-19-15-11-7-3/h9-16,21-28,33-38,41-46,50,54,83-85,90H,5-8,17-20,29-32,39-40,47-49,51-53,55-82H2,1-4H3,(H,95,96)(H,97,98)/b13-9-,14-10-,15-11-,16-12-,25-21-,26-22-,27-23-,28-24-,37-33-,38-34-,43-41-,44-42-,45-35-,46-36-,54-50-. The van der Waals surface area contributed by atoms with E-state index in [1.165, 1.54) is 0 Å². The first-order valence-corrected chi connectivity index (χ1v) is 44.0. The van der Waals surface area contributed by atoms with Crippen LogP contribution in [0.15, 0.2) is 182 Å². The molecule has 0 aliphatic rings. The molecule has 0 aliphatic heterocycles. The van der Waals surface area contributed by atoms with Crippen molar-refractivity contribution in [3.05, 3.63) is 182 Å². The highest BCUT2D eigenvalue weighted by molar-refractivity contribution is 7.47. The zero-order valence-corrected chi connectivity index (χ0v) is 68.7. The van der Waals surface area contributed by atoms with Crippen molar-refractivity contribution in [3.63, 3.8) is 0 Å². The molecule has 3 N–H and O–H groups in total. The molecular weight excluding hydrogens is 1400 g/mol. The van der Waals surface area contributed by atoms with Crippen LogP contribution in [0.2, 0.25) is 0 Å². The Kier molecular flexibility index (Phi) is 75.0. The van der Waals surface area contributed by atoms with Crippen molar-refractivity contribution in [1.29, 1.82) is 0 Å². The largest absolute Gasteiger partial charge is 0.472 e. The molecule has 0 spiro atoms. The average Bonchev–Trinajstić information content (AvgIpc) is 0.896. The minimum absolute atomic E-state index is 0.0633. The molecule has 0 radical (unpaired) electrons. The summed E-state index contributed by atoms with van der Waals surface area (Å²) in [5.74, 6) is -2.28. The molecule has 0 aromatic rings. The molecule has 0 heterocycles. The van der Waals surface area contributed by atoms with Gasteiger partial charge in [-0.15, -0.1) is 0 Å². The van der Waals surface area contributed by atoms with Gasteiger partial charge in [0.2, 0.25) is 0 Å². The molecule has 108 heavy (non-hydrogen) atoms. The van der Waals surface area contributed by atoms with Gasteiger partial charge in [0.25, 0.3) is 0 Å². The third-order valence-electron chi connectivity index (χ3n) is 16.4. The van der Waals surface area contributed by atoms with Crippen molar-refractivity contribution < 1.29 is 80.2 Å². The lowest BCUT2D eigenvalue weighted by atomic mass is 10.1. The van der Waals surface area contributed by atoms with Gasteiger partial charge in [0.1, 0.15) is 19.3 Å². The van der Waals surface area contributed by atoms with E-state index in [-0.39, 0.29) is 25.7 Å². The number of rotatable bonds is 75. The van der Waals surface area contributed by atoms with Crippen molar-refractivity contribution in [3.8, 4) is 0 Å². The summed E-state index contributed by atoms with van der Waals surface area (Å²) in [5, 5.41) is 10.7. The zero-order chi connectivity index (χ0) is 78.9. The Balaban J connectivity index is 5.47. The molecule has 5 unspecified atom stereocenters. The number of hydrogen-bond acceptors (Lipinski definition) is 15. The van der Waals surface area contributed by atoms with Crippen molar-refractivity contribution in [2.24, 2.45) is 0 Å². The number of carbonyl (C=O) groups excluding carboxylic acids is 4. The van der Waals surface area contributed by atoms with Gasteiger partial charge in [-0.1, -0.05) is 281 Å². The highest BCUT2D eigenvalue weighted by Gasteiger charge is 2.30. The van der Waals surface area contributed by atoms with E-state index in [4.69, 9.17) is 37.0 Å². The zero-order valence-electron chi connectivity index (χ0n) is 66.9. The molecule has 17 nitrogen and oxygen atoms in total. The Labute approximate surface area is 654 Å². The molecule has 0 aliphatic carbocycles. The SMILES string of the molecule is CC/C=C\C/C=C\C/C=C\C/C=C\C/C=C\CCCCCC(=O)OCC(COP(=O)(O)OCC(O)COP(=O)(O)OCC(COC(=O)CCCCCCC/C=C\C/C=C\C/C=C\CC)OC(=O)CCCCCCC/C=C\C/C=C\C/C=C\CC)OC(=O)CCCCCCCC/C=C\C/C=C\C/C=C\C/C=C\CC. The smallest absolute Gasteiger partial charge is 0.462 e. The van der Waals surface area contributed by atoms with Gasteiger partial charge in [0, 0.05) is 25.7 Å². The van der Waals surface area contributed by atoms with Crippen LogP contribution in [-0.2, 0) is 65.4 Å². The maximum absolute atomic E-state index is 13.1. The van der Waals surface area contributed by atoms with E-state index in [1.54, 1.807) is 0 Å². The van der Waals surface area contributed by atoms with Crippen molar-refractivity contribution in [2.75, 3.05) is 39.6 Å². The van der Waals surface area contributed by atoms with E-state index in [9.17, 15) is 43.2 Å². The summed E-state index contributed by atoms with van der Waals surface area (Å²) in [5.41, 5.74) is 0. The third kappa shape index (κ3) is 78.3. The van der Waals surface area contributed by atoms with Gasteiger partial charge in [-0.25, -0.2) is 9.13 Å².